The fourth-order valence-electron chi connectivity index (χ4n) is 4.26. The van der Waals surface area contributed by atoms with Crippen molar-refractivity contribution in [1.82, 2.24) is 15.1 Å². The summed E-state index contributed by atoms with van der Waals surface area (Å²) in [6, 6.07) is 2.75. The highest BCUT2D eigenvalue weighted by atomic mass is 35.5. The van der Waals surface area contributed by atoms with E-state index in [4.69, 9.17) is 11.6 Å². The number of aromatic nitrogens is 2. The Morgan fingerprint density at radius 3 is 2.53 bits per heavy atom. The number of alkyl halides is 3. The zero-order valence-corrected chi connectivity index (χ0v) is 18.1. The number of nitrogens with one attached hydrogen (secondary N) is 1. The lowest BCUT2D eigenvalue weighted by Crippen LogP contribution is -2.38. The summed E-state index contributed by atoms with van der Waals surface area (Å²) in [5.41, 5.74) is 1.44. The van der Waals surface area contributed by atoms with E-state index in [2.05, 4.69) is 35.9 Å². The topological polar surface area (TPSA) is 46.9 Å². The van der Waals surface area contributed by atoms with E-state index < -0.39 is 17.6 Å². The number of halogens is 4. The predicted molar refractivity (Wildman–Crippen MR) is 111 cm³/mol. The first-order chi connectivity index (χ1) is 14.1. The second-order valence-electron chi connectivity index (χ2n) is 8.43. The van der Waals surface area contributed by atoms with Crippen LogP contribution in [0, 0.1) is 12.8 Å². The van der Waals surface area contributed by atoms with E-state index in [0.29, 0.717) is 11.8 Å². The maximum absolute atomic E-state index is 12.9. The van der Waals surface area contributed by atoms with Crippen LogP contribution < -0.4 is 5.32 Å². The van der Waals surface area contributed by atoms with Crippen LogP contribution in [0.5, 0.6) is 0 Å². The highest BCUT2D eigenvalue weighted by Crippen LogP contribution is 2.32. The molecule has 0 radical (unpaired) electrons. The summed E-state index contributed by atoms with van der Waals surface area (Å²) in [6.45, 7) is 7.24. The van der Waals surface area contributed by atoms with Crippen molar-refractivity contribution in [1.29, 1.82) is 0 Å². The Kier molecular flexibility index (Phi) is 6.80. The lowest BCUT2D eigenvalue weighted by Gasteiger charge is -2.30. The summed E-state index contributed by atoms with van der Waals surface area (Å²) >= 11 is 5.98. The number of hydrogen-bond donors (Lipinski definition) is 1. The first kappa shape index (κ1) is 22.7. The Morgan fingerprint density at radius 1 is 1.27 bits per heavy atom. The molecule has 2 aromatic rings. The van der Waals surface area contributed by atoms with Crippen LogP contribution in [0.25, 0.3) is 0 Å². The number of aryl methyl sites for hydroxylation is 1. The van der Waals surface area contributed by atoms with Gasteiger partial charge in [-0.05, 0) is 68.2 Å². The number of carbonyl (C=O) groups is 1. The molecule has 1 heterocycles. The smallest absolute Gasteiger partial charge is 0.349 e. The van der Waals surface area contributed by atoms with Gasteiger partial charge < -0.3 is 5.32 Å². The molecule has 0 saturated heterocycles. The Hall–Kier alpha value is -2.02. The van der Waals surface area contributed by atoms with Crippen LogP contribution in [0.4, 0.5) is 13.2 Å². The highest BCUT2D eigenvalue weighted by Gasteiger charge is 2.32. The normalized spacial score (nSPS) is 19.9. The SMILES string of the molecule is Cc1cnn(CC2CCC(NC(=O)c3cc(C(F)(F)F)ccc3Cl)CC2)c1C(C)C. The van der Waals surface area contributed by atoms with Gasteiger partial charge in [-0.25, -0.2) is 0 Å². The lowest BCUT2D eigenvalue weighted by atomic mass is 9.85. The first-order valence-electron chi connectivity index (χ1n) is 10.3. The third-order valence-corrected chi connectivity index (χ3v) is 6.10. The van der Waals surface area contributed by atoms with Crippen molar-refractivity contribution in [2.75, 3.05) is 0 Å². The van der Waals surface area contributed by atoms with E-state index in [0.717, 1.165) is 50.4 Å². The van der Waals surface area contributed by atoms with Gasteiger partial charge in [0.15, 0.2) is 0 Å². The van der Waals surface area contributed by atoms with Gasteiger partial charge in [0, 0.05) is 18.3 Å². The molecular weight excluding hydrogens is 415 g/mol. The van der Waals surface area contributed by atoms with Crippen LogP contribution in [-0.4, -0.2) is 21.7 Å². The van der Waals surface area contributed by atoms with Gasteiger partial charge in [0.1, 0.15) is 0 Å². The standard InChI is InChI=1S/C22H27ClF3N3O/c1-13(2)20-14(3)11-27-29(20)12-15-4-7-17(8-5-15)28-21(30)18-10-16(22(24,25)26)6-9-19(18)23/h6,9-11,13,15,17H,4-5,7-8,12H2,1-3H3,(H,28,30). The van der Waals surface area contributed by atoms with Crippen molar-refractivity contribution in [3.05, 3.63) is 51.8 Å². The van der Waals surface area contributed by atoms with Gasteiger partial charge in [-0.2, -0.15) is 18.3 Å². The van der Waals surface area contributed by atoms with E-state index in [1.807, 2.05) is 6.20 Å². The monoisotopic (exact) mass is 441 g/mol. The summed E-state index contributed by atoms with van der Waals surface area (Å²) in [5, 5.41) is 7.39. The van der Waals surface area contributed by atoms with Gasteiger partial charge in [0.2, 0.25) is 0 Å². The molecule has 1 aromatic carbocycles. The van der Waals surface area contributed by atoms with Crippen molar-refractivity contribution >= 4 is 17.5 Å². The molecule has 0 aliphatic heterocycles. The van der Waals surface area contributed by atoms with Crippen molar-refractivity contribution < 1.29 is 18.0 Å². The zero-order chi connectivity index (χ0) is 22.1. The molecule has 164 valence electrons. The molecule has 1 fully saturated rings. The molecule has 3 rings (SSSR count). The maximum Gasteiger partial charge on any atom is 0.416 e. The van der Waals surface area contributed by atoms with Crippen LogP contribution >= 0.6 is 11.6 Å². The maximum atomic E-state index is 12.9. The third kappa shape index (κ3) is 5.17. The van der Waals surface area contributed by atoms with Gasteiger partial charge in [-0.15, -0.1) is 0 Å². The molecule has 8 heteroatoms. The number of carbonyl (C=O) groups excluding carboxylic acids is 1. The van der Waals surface area contributed by atoms with Crippen LogP contribution in [-0.2, 0) is 12.7 Å². The zero-order valence-electron chi connectivity index (χ0n) is 17.4. The minimum Gasteiger partial charge on any atom is -0.349 e. The Bertz CT molecular complexity index is 900. The Morgan fingerprint density at radius 2 is 1.93 bits per heavy atom. The molecule has 4 nitrogen and oxygen atoms in total. The molecule has 1 aliphatic rings. The summed E-state index contributed by atoms with van der Waals surface area (Å²) in [7, 11) is 0. The molecule has 1 aliphatic carbocycles. The van der Waals surface area contributed by atoms with E-state index in [1.165, 1.54) is 11.3 Å². The second kappa shape index (κ2) is 9.00. The average molecular weight is 442 g/mol. The summed E-state index contributed by atoms with van der Waals surface area (Å²) in [5.74, 6) is 0.312. The molecule has 0 bridgehead atoms. The fourth-order valence-corrected chi connectivity index (χ4v) is 4.46. The van der Waals surface area contributed by atoms with Gasteiger partial charge in [0.25, 0.3) is 5.91 Å². The van der Waals surface area contributed by atoms with Crippen LogP contribution in [0.2, 0.25) is 5.02 Å². The van der Waals surface area contributed by atoms with Crippen LogP contribution in [0.3, 0.4) is 0 Å². The largest absolute Gasteiger partial charge is 0.416 e. The molecule has 1 aromatic heterocycles. The number of rotatable bonds is 5. The third-order valence-electron chi connectivity index (χ3n) is 5.77. The van der Waals surface area contributed by atoms with E-state index in [9.17, 15) is 18.0 Å². The molecule has 0 atom stereocenters. The summed E-state index contributed by atoms with van der Waals surface area (Å²) < 4.78 is 40.9. The van der Waals surface area contributed by atoms with Crippen LogP contribution in [0.1, 0.15) is 72.6 Å². The van der Waals surface area contributed by atoms with Crippen molar-refractivity contribution in [2.45, 2.75) is 71.1 Å². The molecule has 30 heavy (non-hydrogen) atoms. The first-order valence-corrected chi connectivity index (χ1v) is 10.6. The number of amides is 1. The van der Waals surface area contributed by atoms with Gasteiger partial charge in [-0.3, -0.25) is 9.48 Å². The fraction of sp³-hybridized carbons (Fsp3) is 0.545. The van der Waals surface area contributed by atoms with Crippen molar-refractivity contribution in [3.8, 4) is 0 Å². The minimum absolute atomic E-state index is 0.0180. The average Bonchev–Trinajstić information content (AvgIpc) is 3.03. The summed E-state index contributed by atoms with van der Waals surface area (Å²) in [4.78, 5) is 12.5. The Balaban J connectivity index is 1.58. The van der Waals surface area contributed by atoms with Gasteiger partial charge >= 0.3 is 6.18 Å². The van der Waals surface area contributed by atoms with Crippen molar-refractivity contribution in [3.63, 3.8) is 0 Å². The van der Waals surface area contributed by atoms with Gasteiger partial charge in [-0.1, -0.05) is 25.4 Å². The van der Waals surface area contributed by atoms with E-state index in [1.54, 1.807) is 0 Å². The van der Waals surface area contributed by atoms with Gasteiger partial charge in [0.05, 0.1) is 22.3 Å². The molecule has 1 amide bonds. The number of hydrogen-bond acceptors (Lipinski definition) is 2. The quantitative estimate of drug-likeness (QED) is 0.620. The van der Waals surface area contributed by atoms with E-state index in [-0.39, 0.29) is 16.6 Å². The number of nitrogens with zero attached hydrogens (tertiary/aromatic N) is 2. The van der Waals surface area contributed by atoms with Crippen molar-refractivity contribution in [2.24, 2.45) is 5.92 Å². The molecule has 0 unspecified atom stereocenters. The minimum atomic E-state index is -4.52. The summed E-state index contributed by atoms with van der Waals surface area (Å²) in [6.07, 6.45) is 0.807. The molecule has 1 N–H and O–H groups in total. The second-order valence-corrected chi connectivity index (χ2v) is 8.84. The van der Waals surface area contributed by atoms with E-state index >= 15 is 0 Å². The van der Waals surface area contributed by atoms with Crippen LogP contribution in [0.15, 0.2) is 24.4 Å². The molecule has 0 spiro atoms. The number of benzene rings is 1. The Labute approximate surface area is 179 Å². The molecule has 1 saturated carbocycles. The predicted octanol–water partition coefficient (Wildman–Crippen LogP) is 5.98. The highest BCUT2D eigenvalue weighted by molar-refractivity contribution is 6.33. The molecular formula is C22H27ClF3N3O. The lowest BCUT2D eigenvalue weighted by molar-refractivity contribution is -0.137.